The second-order valence-electron chi connectivity index (χ2n) is 3.54. The van der Waals surface area contributed by atoms with E-state index in [9.17, 15) is 13.2 Å². The number of nitrogens with zero attached hydrogens (tertiary/aromatic N) is 1. The first-order valence-corrected chi connectivity index (χ1v) is 6.54. The van der Waals surface area contributed by atoms with E-state index in [1.165, 1.54) is 12.1 Å². The van der Waals surface area contributed by atoms with Crippen LogP contribution in [0, 0.1) is 0 Å². The zero-order chi connectivity index (χ0) is 12.5. The molecule has 1 aromatic carbocycles. The highest BCUT2D eigenvalue weighted by molar-refractivity contribution is 7.90. The molecule has 17 heavy (non-hydrogen) atoms. The summed E-state index contributed by atoms with van der Waals surface area (Å²) in [7, 11) is -3.68. The third-order valence-corrected chi connectivity index (χ3v) is 4.29. The van der Waals surface area contributed by atoms with E-state index in [4.69, 9.17) is 5.73 Å². The van der Waals surface area contributed by atoms with Crippen LogP contribution >= 0.6 is 0 Å². The van der Waals surface area contributed by atoms with E-state index in [0.717, 1.165) is 4.31 Å². The van der Waals surface area contributed by atoms with E-state index < -0.39 is 15.9 Å². The van der Waals surface area contributed by atoms with Gasteiger partial charge in [-0.3, -0.25) is 4.79 Å². The van der Waals surface area contributed by atoms with Gasteiger partial charge in [0.1, 0.15) is 4.90 Å². The Morgan fingerprint density at radius 3 is 2.59 bits per heavy atom. The van der Waals surface area contributed by atoms with Gasteiger partial charge >= 0.3 is 0 Å². The predicted molar refractivity (Wildman–Crippen MR) is 62.9 cm³/mol. The van der Waals surface area contributed by atoms with Gasteiger partial charge in [0.2, 0.25) is 0 Å². The second-order valence-corrected chi connectivity index (χ2v) is 5.38. The average molecular weight is 252 g/mol. The Labute approximate surface area is 99.6 Å². The molecule has 0 bridgehead atoms. The first kappa shape index (κ1) is 11.8. The summed E-state index contributed by atoms with van der Waals surface area (Å²) in [5.41, 5.74) is 5.49. The molecule has 0 saturated heterocycles. The highest BCUT2D eigenvalue weighted by Gasteiger charge is 2.39. The maximum Gasteiger partial charge on any atom is 0.269 e. The number of carbonyl (C=O) groups is 1. The molecule has 0 fully saturated rings. The van der Waals surface area contributed by atoms with Gasteiger partial charge in [-0.15, -0.1) is 0 Å². The third kappa shape index (κ3) is 1.85. The molecule has 0 spiro atoms. The standard InChI is InChI=1S/C11H12N2O3S/c12-7-3-4-8-13-11(14)9-5-1-2-6-10(9)17(13,15)16/h1-6H,7-8,12H2. The normalized spacial score (nSPS) is 17.7. The molecular weight excluding hydrogens is 240 g/mol. The van der Waals surface area contributed by atoms with Crippen molar-refractivity contribution in [3.05, 3.63) is 42.0 Å². The van der Waals surface area contributed by atoms with Crippen molar-refractivity contribution in [3.63, 3.8) is 0 Å². The number of sulfonamides is 1. The van der Waals surface area contributed by atoms with Crippen molar-refractivity contribution in [2.75, 3.05) is 13.1 Å². The van der Waals surface area contributed by atoms with Gasteiger partial charge in [-0.05, 0) is 12.1 Å². The number of amides is 1. The zero-order valence-corrected chi connectivity index (χ0v) is 9.85. The molecule has 0 saturated carbocycles. The Morgan fingerprint density at radius 2 is 1.94 bits per heavy atom. The van der Waals surface area contributed by atoms with Crippen LogP contribution in [0.5, 0.6) is 0 Å². The minimum Gasteiger partial charge on any atom is -0.327 e. The Kier molecular flexibility index (Phi) is 2.99. The summed E-state index contributed by atoms with van der Waals surface area (Å²) in [5.74, 6) is -0.484. The maximum absolute atomic E-state index is 12.0. The molecular formula is C11H12N2O3S. The third-order valence-electron chi connectivity index (χ3n) is 2.49. The van der Waals surface area contributed by atoms with Crippen LogP contribution < -0.4 is 5.73 Å². The molecule has 1 amide bonds. The molecule has 5 nitrogen and oxygen atoms in total. The van der Waals surface area contributed by atoms with Crippen molar-refractivity contribution < 1.29 is 13.2 Å². The Morgan fingerprint density at radius 1 is 1.24 bits per heavy atom. The highest BCUT2D eigenvalue weighted by atomic mass is 32.2. The summed E-state index contributed by atoms with van der Waals surface area (Å²) in [6.45, 7) is 0.335. The quantitative estimate of drug-likeness (QED) is 0.787. The molecule has 0 unspecified atom stereocenters. The van der Waals surface area contributed by atoms with Gasteiger partial charge in [-0.2, -0.15) is 0 Å². The predicted octanol–water partition coefficient (Wildman–Crippen LogP) is 0.346. The van der Waals surface area contributed by atoms with Gasteiger partial charge in [0.15, 0.2) is 0 Å². The molecule has 1 aromatic rings. The smallest absolute Gasteiger partial charge is 0.269 e. The average Bonchev–Trinajstić information content (AvgIpc) is 2.51. The van der Waals surface area contributed by atoms with Crippen molar-refractivity contribution >= 4 is 15.9 Å². The topological polar surface area (TPSA) is 80.5 Å². The van der Waals surface area contributed by atoms with Gasteiger partial charge < -0.3 is 5.73 Å². The number of rotatable bonds is 3. The zero-order valence-electron chi connectivity index (χ0n) is 9.04. The van der Waals surface area contributed by atoms with Crippen molar-refractivity contribution in [1.82, 2.24) is 4.31 Å². The number of nitrogens with two attached hydrogens (primary N) is 1. The molecule has 6 heteroatoms. The molecule has 1 aliphatic rings. The van der Waals surface area contributed by atoms with Crippen LogP contribution in [-0.4, -0.2) is 31.7 Å². The molecule has 0 aromatic heterocycles. The fourth-order valence-electron chi connectivity index (χ4n) is 1.68. The van der Waals surface area contributed by atoms with E-state index in [2.05, 4.69) is 0 Å². The second kappa shape index (κ2) is 4.31. The number of benzene rings is 1. The number of hydrogen-bond donors (Lipinski definition) is 1. The number of fused-ring (bicyclic) bond motifs is 1. The minimum atomic E-state index is -3.68. The lowest BCUT2D eigenvalue weighted by atomic mass is 10.2. The maximum atomic E-state index is 12.0. The molecule has 1 heterocycles. The van der Waals surface area contributed by atoms with Crippen LogP contribution in [0.4, 0.5) is 0 Å². The highest BCUT2D eigenvalue weighted by Crippen LogP contribution is 2.29. The van der Waals surface area contributed by atoms with Crippen LogP contribution in [0.15, 0.2) is 41.3 Å². The molecule has 2 N–H and O–H groups in total. The molecule has 0 atom stereocenters. The van der Waals surface area contributed by atoms with Gasteiger partial charge in [0, 0.05) is 6.54 Å². The van der Waals surface area contributed by atoms with E-state index in [1.54, 1.807) is 24.3 Å². The lowest BCUT2D eigenvalue weighted by Crippen LogP contribution is -2.30. The van der Waals surface area contributed by atoms with Crippen LogP contribution in [0.1, 0.15) is 10.4 Å². The van der Waals surface area contributed by atoms with Crippen molar-refractivity contribution in [2.45, 2.75) is 4.90 Å². The fourth-order valence-corrected chi connectivity index (χ4v) is 3.20. The van der Waals surface area contributed by atoms with Gasteiger partial charge in [0.05, 0.1) is 12.1 Å². The molecule has 2 rings (SSSR count). The van der Waals surface area contributed by atoms with E-state index in [-0.39, 0.29) is 17.0 Å². The SMILES string of the molecule is NCC=CCN1C(=O)c2ccccc2S1(=O)=O. The molecule has 0 aliphatic carbocycles. The van der Waals surface area contributed by atoms with Gasteiger partial charge in [0.25, 0.3) is 15.9 Å². The van der Waals surface area contributed by atoms with Crippen LogP contribution in [0.2, 0.25) is 0 Å². The Hall–Kier alpha value is -1.66. The summed E-state index contributed by atoms with van der Waals surface area (Å²) in [4.78, 5) is 12.0. The van der Waals surface area contributed by atoms with Gasteiger partial charge in [-0.25, -0.2) is 12.7 Å². The van der Waals surface area contributed by atoms with E-state index in [1.807, 2.05) is 0 Å². The number of carbonyl (C=O) groups excluding carboxylic acids is 1. The van der Waals surface area contributed by atoms with Gasteiger partial charge in [-0.1, -0.05) is 24.3 Å². The Bertz CT molecular complexity index is 578. The van der Waals surface area contributed by atoms with Crippen LogP contribution in [-0.2, 0) is 10.0 Å². The summed E-state index contributed by atoms with van der Waals surface area (Å²) < 4.78 is 24.9. The largest absolute Gasteiger partial charge is 0.327 e. The summed E-state index contributed by atoms with van der Waals surface area (Å²) in [6, 6.07) is 6.20. The van der Waals surface area contributed by atoms with E-state index >= 15 is 0 Å². The first-order chi connectivity index (χ1) is 8.09. The Balaban J connectivity index is 2.41. The van der Waals surface area contributed by atoms with Crippen LogP contribution in [0.25, 0.3) is 0 Å². The summed E-state index contributed by atoms with van der Waals surface area (Å²) >= 11 is 0. The molecule has 90 valence electrons. The van der Waals surface area contributed by atoms with Crippen molar-refractivity contribution in [1.29, 1.82) is 0 Å². The van der Waals surface area contributed by atoms with E-state index in [0.29, 0.717) is 6.54 Å². The summed E-state index contributed by atoms with van der Waals surface area (Å²) in [6.07, 6.45) is 3.19. The van der Waals surface area contributed by atoms with Crippen molar-refractivity contribution in [2.24, 2.45) is 5.73 Å². The lowest BCUT2D eigenvalue weighted by molar-refractivity contribution is 0.0880. The minimum absolute atomic E-state index is 0.0209. The first-order valence-electron chi connectivity index (χ1n) is 5.10. The molecule has 0 radical (unpaired) electrons. The summed E-state index contributed by atoms with van der Waals surface area (Å²) in [5, 5.41) is 0. The monoisotopic (exact) mass is 252 g/mol. The fraction of sp³-hybridized carbons (Fsp3) is 0.182. The van der Waals surface area contributed by atoms with Crippen LogP contribution in [0.3, 0.4) is 0 Å². The number of hydrogen-bond acceptors (Lipinski definition) is 4. The molecule has 1 aliphatic heterocycles. The lowest BCUT2D eigenvalue weighted by Gasteiger charge is -2.11. The van der Waals surface area contributed by atoms with Crippen molar-refractivity contribution in [3.8, 4) is 0 Å².